The van der Waals surface area contributed by atoms with Crippen LogP contribution in [-0.4, -0.2) is 11.3 Å². The van der Waals surface area contributed by atoms with Gasteiger partial charge in [-0.3, -0.25) is 10.1 Å². The molecular formula is C7H4F3NO3S. The van der Waals surface area contributed by atoms with Crippen LogP contribution in [0.5, 0.6) is 5.75 Å². The number of nitro benzene ring substituents is 1. The average molecular weight is 239 g/mol. The number of benzene rings is 1. The molecule has 0 unspecified atom stereocenters. The molecule has 0 radical (unpaired) electrons. The summed E-state index contributed by atoms with van der Waals surface area (Å²) >= 11 is 3.64. The highest BCUT2D eigenvalue weighted by atomic mass is 32.1. The summed E-state index contributed by atoms with van der Waals surface area (Å²) in [5.74, 6) is -0.573. The van der Waals surface area contributed by atoms with Crippen LogP contribution in [0.3, 0.4) is 0 Å². The van der Waals surface area contributed by atoms with Crippen LogP contribution >= 0.6 is 12.6 Å². The number of hydrogen-bond acceptors (Lipinski definition) is 4. The third kappa shape index (κ3) is 3.31. The molecular weight excluding hydrogens is 235 g/mol. The second-order valence-electron chi connectivity index (χ2n) is 2.46. The zero-order chi connectivity index (χ0) is 11.6. The molecule has 1 aromatic carbocycles. The molecule has 0 heterocycles. The minimum atomic E-state index is -4.84. The van der Waals surface area contributed by atoms with E-state index >= 15 is 0 Å². The maximum absolute atomic E-state index is 11.8. The molecule has 8 heteroatoms. The Balaban J connectivity index is 2.99. The van der Waals surface area contributed by atoms with Crippen molar-refractivity contribution in [1.82, 2.24) is 0 Å². The van der Waals surface area contributed by atoms with Crippen molar-refractivity contribution in [3.05, 3.63) is 28.3 Å². The third-order valence-electron chi connectivity index (χ3n) is 1.38. The molecule has 0 aromatic heterocycles. The zero-order valence-electron chi connectivity index (χ0n) is 6.99. The van der Waals surface area contributed by atoms with Crippen LogP contribution in [0.4, 0.5) is 18.9 Å². The molecule has 82 valence electrons. The monoisotopic (exact) mass is 239 g/mol. The first-order chi connectivity index (χ1) is 6.79. The van der Waals surface area contributed by atoms with Gasteiger partial charge in [0.05, 0.1) is 9.82 Å². The number of alkyl halides is 3. The predicted molar refractivity (Wildman–Crippen MR) is 47.0 cm³/mol. The van der Waals surface area contributed by atoms with Gasteiger partial charge in [0.25, 0.3) is 5.69 Å². The SMILES string of the molecule is O=[N+]([O-])c1ccc(OC(F)(F)F)c(S)c1. The van der Waals surface area contributed by atoms with E-state index in [1.54, 1.807) is 0 Å². The number of ether oxygens (including phenoxy) is 1. The van der Waals surface area contributed by atoms with E-state index in [4.69, 9.17) is 0 Å². The lowest BCUT2D eigenvalue weighted by Gasteiger charge is -2.09. The van der Waals surface area contributed by atoms with Crippen molar-refractivity contribution < 1.29 is 22.8 Å². The molecule has 0 aliphatic carbocycles. The predicted octanol–water partition coefficient (Wildman–Crippen LogP) is 2.78. The lowest BCUT2D eigenvalue weighted by molar-refractivity contribution is -0.385. The average Bonchev–Trinajstić information content (AvgIpc) is 2.05. The van der Waals surface area contributed by atoms with Crippen molar-refractivity contribution in [2.75, 3.05) is 0 Å². The summed E-state index contributed by atoms with van der Waals surface area (Å²) in [6.07, 6.45) is -4.84. The normalized spacial score (nSPS) is 11.2. The van der Waals surface area contributed by atoms with Gasteiger partial charge in [-0.05, 0) is 6.07 Å². The first-order valence-electron chi connectivity index (χ1n) is 3.53. The number of non-ortho nitro benzene ring substituents is 1. The standard InChI is InChI=1S/C7H4F3NO3S/c8-7(9,10)14-5-2-1-4(11(12)13)3-6(5)15/h1-3,15H. The summed E-state index contributed by atoms with van der Waals surface area (Å²) in [5, 5.41) is 10.3. The van der Waals surface area contributed by atoms with E-state index in [2.05, 4.69) is 17.4 Å². The van der Waals surface area contributed by atoms with Gasteiger partial charge in [0.2, 0.25) is 0 Å². The van der Waals surface area contributed by atoms with Gasteiger partial charge >= 0.3 is 6.36 Å². The molecule has 0 aliphatic heterocycles. The topological polar surface area (TPSA) is 52.4 Å². The highest BCUT2D eigenvalue weighted by Crippen LogP contribution is 2.31. The summed E-state index contributed by atoms with van der Waals surface area (Å²) < 4.78 is 38.9. The lowest BCUT2D eigenvalue weighted by atomic mass is 10.3. The summed E-state index contributed by atoms with van der Waals surface area (Å²) in [6.45, 7) is 0. The molecule has 1 rings (SSSR count). The fourth-order valence-electron chi connectivity index (χ4n) is 0.830. The van der Waals surface area contributed by atoms with Crippen LogP contribution in [0.25, 0.3) is 0 Å². The van der Waals surface area contributed by atoms with Crippen LogP contribution in [0.1, 0.15) is 0 Å². The van der Waals surface area contributed by atoms with Crippen molar-refractivity contribution in [3.8, 4) is 5.75 Å². The van der Waals surface area contributed by atoms with E-state index in [1.165, 1.54) is 0 Å². The Labute approximate surface area is 87.2 Å². The second-order valence-corrected chi connectivity index (χ2v) is 2.94. The smallest absolute Gasteiger partial charge is 0.405 e. The molecule has 0 spiro atoms. The number of nitrogens with zero attached hydrogens (tertiary/aromatic N) is 1. The van der Waals surface area contributed by atoms with Crippen molar-refractivity contribution in [2.45, 2.75) is 11.3 Å². The van der Waals surface area contributed by atoms with Crippen molar-refractivity contribution in [2.24, 2.45) is 0 Å². The van der Waals surface area contributed by atoms with Crippen LogP contribution in [0, 0.1) is 10.1 Å². The van der Waals surface area contributed by atoms with Gasteiger partial charge in [-0.25, -0.2) is 0 Å². The van der Waals surface area contributed by atoms with Gasteiger partial charge in [-0.2, -0.15) is 0 Å². The zero-order valence-corrected chi connectivity index (χ0v) is 7.88. The number of rotatable bonds is 2. The Kier molecular flexibility index (Phi) is 3.08. The van der Waals surface area contributed by atoms with Crippen LogP contribution in [-0.2, 0) is 0 Å². The molecule has 0 amide bonds. The minimum absolute atomic E-state index is 0.249. The third-order valence-corrected chi connectivity index (χ3v) is 1.73. The highest BCUT2D eigenvalue weighted by Gasteiger charge is 2.32. The van der Waals surface area contributed by atoms with Gasteiger partial charge in [0.15, 0.2) is 0 Å². The molecule has 0 atom stereocenters. The largest absolute Gasteiger partial charge is 0.573 e. The molecule has 0 aliphatic rings. The first-order valence-corrected chi connectivity index (χ1v) is 3.97. The summed E-state index contributed by atoms with van der Waals surface area (Å²) in [6, 6.07) is 2.62. The van der Waals surface area contributed by atoms with Crippen molar-refractivity contribution in [3.63, 3.8) is 0 Å². The van der Waals surface area contributed by atoms with E-state index in [1.807, 2.05) is 0 Å². The maximum Gasteiger partial charge on any atom is 0.573 e. The molecule has 15 heavy (non-hydrogen) atoms. The second kappa shape index (κ2) is 3.97. The molecule has 1 aromatic rings. The summed E-state index contributed by atoms with van der Waals surface area (Å²) in [4.78, 5) is 9.27. The number of hydrogen-bond donors (Lipinski definition) is 1. The Bertz CT molecular complexity index is 394. The summed E-state index contributed by atoms with van der Waals surface area (Å²) in [7, 11) is 0. The van der Waals surface area contributed by atoms with Gasteiger partial charge in [0.1, 0.15) is 5.75 Å². The van der Waals surface area contributed by atoms with E-state index in [-0.39, 0.29) is 10.6 Å². The summed E-state index contributed by atoms with van der Waals surface area (Å²) in [5.41, 5.74) is -0.352. The van der Waals surface area contributed by atoms with Crippen LogP contribution < -0.4 is 4.74 Å². The fraction of sp³-hybridized carbons (Fsp3) is 0.143. The maximum atomic E-state index is 11.8. The molecule has 0 N–H and O–H groups in total. The van der Waals surface area contributed by atoms with E-state index in [0.717, 1.165) is 18.2 Å². The fourth-order valence-corrected chi connectivity index (χ4v) is 1.08. The van der Waals surface area contributed by atoms with Crippen molar-refractivity contribution >= 4 is 18.3 Å². The van der Waals surface area contributed by atoms with Gasteiger partial charge < -0.3 is 4.74 Å². The van der Waals surface area contributed by atoms with Crippen LogP contribution in [0.2, 0.25) is 0 Å². The van der Waals surface area contributed by atoms with E-state index in [0.29, 0.717) is 0 Å². The quantitative estimate of drug-likeness (QED) is 0.490. The van der Waals surface area contributed by atoms with Gasteiger partial charge in [-0.15, -0.1) is 25.8 Å². The Morgan fingerprint density at radius 1 is 1.40 bits per heavy atom. The number of nitro groups is 1. The van der Waals surface area contributed by atoms with E-state index in [9.17, 15) is 23.3 Å². The first kappa shape index (κ1) is 11.6. The molecule has 4 nitrogen and oxygen atoms in total. The Morgan fingerprint density at radius 3 is 2.40 bits per heavy atom. The molecule has 0 saturated carbocycles. The molecule has 0 fully saturated rings. The minimum Gasteiger partial charge on any atom is -0.405 e. The van der Waals surface area contributed by atoms with Gasteiger partial charge in [-0.1, -0.05) is 0 Å². The number of halogens is 3. The molecule has 0 bridgehead atoms. The molecule has 0 saturated heterocycles. The Hall–Kier alpha value is -1.44. The number of thiol groups is 1. The van der Waals surface area contributed by atoms with Gasteiger partial charge in [0, 0.05) is 12.1 Å². The van der Waals surface area contributed by atoms with Crippen LogP contribution in [0.15, 0.2) is 23.1 Å². The Morgan fingerprint density at radius 2 is 2.00 bits per heavy atom. The van der Waals surface area contributed by atoms with Crippen molar-refractivity contribution in [1.29, 1.82) is 0 Å². The highest BCUT2D eigenvalue weighted by molar-refractivity contribution is 7.80. The van der Waals surface area contributed by atoms with E-state index < -0.39 is 17.0 Å². The lowest BCUT2D eigenvalue weighted by Crippen LogP contribution is -2.17.